The van der Waals surface area contributed by atoms with E-state index >= 15 is 0 Å². The lowest BCUT2D eigenvalue weighted by atomic mass is 10.0. The molecule has 0 amide bonds. The first-order chi connectivity index (χ1) is 8.99. The molecule has 0 aliphatic heterocycles. The Morgan fingerprint density at radius 2 is 2.32 bits per heavy atom. The molecule has 7 heteroatoms. The molecule has 7 nitrogen and oxygen atoms in total. The summed E-state index contributed by atoms with van der Waals surface area (Å²) in [7, 11) is 1.50. The molecule has 4 atom stereocenters. The minimum atomic E-state index is -0.704. The summed E-state index contributed by atoms with van der Waals surface area (Å²) in [6.07, 6.45) is 0.829. The van der Waals surface area contributed by atoms with Crippen LogP contribution in [-0.4, -0.2) is 45.7 Å². The predicted molar refractivity (Wildman–Crippen MR) is 68.7 cm³/mol. The van der Waals surface area contributed by atoms with Crippen LogP contribution in [-0.2, 0) is 4.74 Å². The number of aliphatic hydroxyl groups is 2. The molecule has 0 saturated heterocycles. The van der Waals surface area contributed by atoms with Crippen molar-refractivity contribution in [3.8, 4) is 0 Å². The van der Waals surface area contributed by atoms with Crippen LogP contribution in [0.15, 0.2) is 11.0 Å². The molecular weight excluding hydrogens is 250 g/mol. The number of rotatable bonds is 3. The van der Waals surface area contributed by atoms with Gasteiger partial charge in [0.15, 0.2) is 0 Å². The second-order valence-corrected chi connectivity index (χ2v) is 4.92. The third kappa shape index (κ3) is 2.36. The Labute approximate surface area is 110 Å². The van der Waals surface area contributed by atoms with E-state index in [-0.39, 0.29) is 18.5 Å². The van der Waals surface area contributed by atoms with Gasteiger partial charge in [0.05, 0.1) is 24.9 Å². The van der Waals surface area contributed by atoms with Gasteiger partial charge in [0.25, 0.3) is 0 Å². The van der Waals surface area contributed by atoms with Crippen LogP contribution in [0, 0.1) is 12.8 Å². The molecule has 4 N–H and O–H groups in total. The fraction of sp³-hybridized carbons (Fsp3) is 0.667. The first-order valence-electron chi connectivity index (χ1n) is 6.16. The fourth-order valence-corrected chi connectivity index (χ4v) is 2.71. The second-order valence-electron chi connectivity index (χ2n) is 4.92. The number of nitrogens with two attached hydrogens (primary N) is 1. The Bertz CT molecular complexity index is 516. The van der Waals surface area contributed by atoms with Crippen LogP contribution >= 0.6 is 0 Å². The topological polar surface area (TPSA) is 111 Å². The van der Waals surface area contributed by atoms with Crippen molar-refractivity contribution in [2.24, 2.45) is 5.92 Å². The zero-order chi connectivity index (χ0) is 14.2. The third-order valence-corrected chi connectivity index (χ3v) is 3.79. The molecule has 0 spiro atoms. The van der Waals surface area contributed by atoms with Crippen molar-refractivity contribution >= 4 is 5.82 Å². The van der Waals surface area contributed by atoms with Gasteiger partial charge in [-0.05, 0) is 13.3 Å². The molecule has 0 radical (unpaired) electrons. The SMILES string of the molecule is CO[C@@H]1[C@H](CO)[C@@H](O)C[C@@H]1n1cc(C)c(N)nc1=O. The van der Waals surface area contributed by atoms with Gasteiger partial charge in [-0.15, -0.1) is 0 Å². The van der Waals surface area contributed by atoms with Gasteiger partial charge in [-0.2, -0.15) is 4.98 Å². The highest BCUT2D eigenvalue weighted by Crippen LogP contribution is 2.36. The van der Waals surface area contributed by atoms with Crippen LogP contribution < -0.4 is 11.4 Å². The van der Waals surface area contributed by atoms with E-state index < -0.39 is 23.8 Å². The molecule has 2 rings (SSSR count). The van der Waals surface area contributed by atoms with E-state index in [9.17, 15) is 15.0 Å². The number of aromatic nitrogens is 2. The van der Waals surface area contributed by atoms with Crippen LogP contribution in [0.2, 0.25) is 0 Å². The number of aryl methyl sites for hydroxylation is 1. The van der Waals surface area contributed by atoms with E-state index in [2.05, 4.69) is 4.98 Å². The van der Waals surface area contributed by atoms with Gasteiger partial charge in [0.2, 0.25) is 0 Å². The number of hydrogen-bond donors (Lipinski definition) is 3. The number of methoxy groups -OCH3 is 1. The number of nitrogens with zero attached hydrogens (tertiary/aromatic N) is 2. The van der Waals surface area contributed by atoms with Gasteiger partial charge in [-0.1, -0.05) is 0 Å². The lowest BCUT2D eigenvalue weighted by Crippen LogP contribution is -2.35. The van der Waals surface area contributed by atoms with Crippen molar-refractivity contribution in [3.05, 3.63) is 22.2 Å². The van der Waals surface area contributed by atoms with E-state index in [4.69, 9.17) is 10.5 Å². The summed E-state index contributed by atoms with van der Waals surface area (Å²) in [5.41, 5.74) is 5.81. The third-order valence-electron chi connectivity index (χ3n) is 3.79. The van der Waals surface area contributed by atoms with E-state index in [1.165, 1.54) is 11.7 Å². The van der Waals surface area contributed by atoms with E-state index in [1.54, 1.807) is 13.1 Å². The number of aliphatic hydroxyl groups excluding tert-OH is 2. The van der Waals surface area contributed by atoms with Crippen molar-refractivity contribution in [1.29, 1.82) is 0 Å². The maximum Gasteiger partial charge on any atom is 0.349 e. The smallest absolute Gasteiger partial charge is 0.349 e. The standard InChI is InChI=1S/C12H19N3O4/c1-6-4-15(12(18)14-11(6)13)8-3-9(17)7(5-16)10(8)19-2/h4,7-10,16-17H,3,5H2,1-2H3,(H2,13,14,18)/t7-,8+,9+,10-/m1/s1. The van der Waals surface area contributed by atoms with Crippen LogP contribution in [0.5, 0.6) is 0 Å². The Morgan fingerprint density at radius 1 is 1.63 bits per heavy atom. The maximum atomic E-state index is 11.9. The zero-order valence-corrected chi connectivity index (χ0v) is 11.0. The highest BCUT2D eigenvalue weighted by atomic mass is 16.5. The van der Waals surface area contributed by atoms with Crippen molar-refractivity contribution < 1.29 is 14.9 Å². The quantitative estimate of drug-likeness (QED) is 0.653. The molecule has 1 fully saturated rings. The van der Waals surface area contributed by atoms with E-state index in [1.807, 2.05) is 0 Å². The summed E-state index contributed by atoms with van der Waals surface area (Å²) in [6, 6.07) is -0.351. The highest BCUT2D eigenvalue weighted by Gasteiger charge is 2.43. The molecule has 1 aliphatic rings. The summed E-state index contributed by atoms with van der Waals surface area (Å²) in [4.78, 5) is 15.7. The normalized spacial score (nSPS) is 30.7. The molecule has 0 bridgehead atoms. The molecular formula is C12H19N3O4. The van der Waals surface area contributed by atoms with Gasteiger partial charge in [-0.3, -0.25) is 4.57 Å². The molecule has 1 heterocycles. The lowest BCUT2D eigenvalue weighted by Gasteiger charge is -2.24. The number of nitrogen functional groups attached to an aromatic ring is 1. The first-order valence-corrected chi connectivity index (χ1v) is 6.16. The van der Waals surface area contributed by atoms with E-state index in [0.717, 1.165) is 0 Å². The monoisotopic (exact) mass is 269 g/mol. The van der Waals surface area contributed by atoms with Gasteiger partial charge in [0, 0.05) is 24.8 Å². The number of anilines is 1. The zero-order valence-electron chi connectivity index (χ0n) is 11.0. The average Bonchev–Trinajstić information content (AvgIpc) is 2.69. The minimum absolute atomic E-state index is 0.188. The Hall–Kier alpha value is -1.44. The minimum Gasteiger partial charge on any atom is -0.396 e. The van der Waals surface area contributed by atoms with E-state index in [0.29, 0.717) is 12.0 Å². The van der Waals surface area contributed by atoms with Gasteiger partial charge in [0.1, 0.15) is 5.82 Å². The summed E-state index contributed by atoms with van der Waals surface area (Å²) in [5, 5.41) is 19.2. The largest absolute Gasteiger partial charge is 0.396 e. The molecule has 0 aromatic carbocycles. The van der Waals surface area contributed by atoms with Crippen molar-refractivity contribution in [2.75, 3.05) is 19.5 Å². The first kappa shape index (κ1) is 14.0. The molecule has 1 aliphatic carbocycles. The van der Waals surface area contributed by atoms with Gasteiger partial charge >= 0.3 is 5.69 Å². The van der Waals surface area contributed by atoms with Crippen molar-refractivity contribution in [2.45, 2.75) is 31.6 Å². The summed E-state index contributed by atoms with van der Waals surface area (Å²) in [6.45, 7) is 1.57. The van der Waals surface area contributed by atoms with Crippen LogP contribution in [0.25, 0.3) is 0 Å². The van der Waals surface area contributed by atoms with Gasteiger partial charge < -0.3 is 20.7 Å². The number of ether oxygens (including phenoxy) is 1. The molecule has 0 unspecified atom stereocenters. The van der Waals surface area contributed by atoms with Crippen LogP contribution in [0.4, 0.5) is 5.82 Å². The highest BCUT2D eigenvalue weighted by molar-refractivity contribution is 5.35. The summed E-state index contributed by atoms with van der Waals surface area (Å²) in [5.74, 6) is -0.202. The Kier molecular flexibility index (Phi) is 3.88. The maximum absolute atomic E-state index is 11.9. The van der Waals surface area contributed by atoms with Crippen molar-refractivity contribution in [3.63, 3.8) is 0 Å². The summed E-state index contributed by atoms with van der Waals surface area (Å²) >= 11 is 0. The number of hydrogen-bond acceptors (Lipinski definition) is 6. The van der Waals surface area contributed by atoms with Crippen LogP contribution in [0.3, 0.4) is 0 Å². The van der Waals surface area contributed by atoms with Crippen molar-refractivity contribution in [1.82, 2.24) is 9.55 Å². The summed E-state index contributed by atoms with van der Waals surface area (Å²) < 4.78 is 6.77. The lowest BCUT2D eigenvalue weighted by molar-refractivity contribution is -0.00697. The molecule has 19 heavy (non-hydrogen) atoms. The molecule has 1 saturated carbocycles. The molecule has 106 valence electrons. The Morgan fingerprint density at radius 3 is 2.89 bits per heavy atom. The van der Waals surface area contributed by atoms with Gasteiger partial charge in [-0.25, -0.2) is 4.79 Å². The average molecular weight is 269 g/mol. The van der Waals surface area contributed by atoms with Crippen LogP contribution in [0.1, 0.15) is 18.0 Å². The molecule has 1 aromatic rings. The predicted octanol–water partition coefficient (Wildman–Crippen LogP) is -0.937. The molecule has 1 aromatic heterocycles. The second kappa shape index (κ2) is 5.28. The Balaban J connectivity index is 2.42. The fourth-order valence-electron chi connectivity index (χ4n) is 2.71.